The van der Waals surface area contributed by atoms with E-state index in [9.17, 15) is 19.2 Å². The minimum Gasteiger partial charge on any atom is -0.478 e. The van der Waals surface area contributed by atoms with Gasteiger partial charge in [0.15, 0.2) is 22.9 Å². The van der Waals surface area contributed by atoms with E-state index in [2.05, 4.69) is 42.1 Å². The molecule has 4 aromatic carbocycles. The van der Waals surface area contributed by atoms with E-state index in [1.165, 1.54) is 61.8 Å². The van der Waals surface area contributed by atoms with Crippen LogP contribution >= 0.6 is 0 Å². The zero-order valence-electron chi connectivity index (χ0n) is 45.5. The average Bonchev–Trinajstić information content (AvgIpc) is 3.28. The molecule has 4 aliphatic rings. The van der Waals surface area contributed by atoms with Gasteiger partial charge in [-0.1, -0.05) is 61.4 Å². The number of likely N-dealkylation sites (N-methyl/N-ethyl adjacent to an activating group) is 2. The number of carbonyl (C=O) groups is 2. The first-order valence-electron chi connectivity index (χ1n) is 27.5. The SMILES string of the molecule is CN(C/C=C/C(=O)N1CC[C@@H](n2c(=O)n(-c3ccc(Oc4ccccc4)cc3)c3c(N)ncnc32)C1)C1CCC1.CN(C/C=C/C(=O)O)C1CCC1.Nc1ncnc2c1n(-c1ccc(Oc3ccccc3)cc1)c(=O)n2[C@@H]1CCNC1. The van der Waals surface area contributed by atoms with Crippen LogP contribution in [-0.2, 0) is 9.59 Å². The fourth-order valence-electron chi connectivity index (χ4n) is 10.6. The van der Waals surface area contributed by atoms with Gasteiger partial charge in [-0.05, 0) is 132 Å². The first-order valence-corrected chi connectivity index (χ1v) is 27.5. The van der Waals surface area contributed by atoms with Gasteiger partial charge < -0.3 is 36.3 Å². The zero-order chi connectivity index (χ0) is 56.4. The van der Waals surface area contributed by atoms with Crippen LogP contribution in [0.2, 0.25) is 0 Å². The van der Waals surface area contributed by atoms with Gasteiger partial charge in [0.2, 0.25) is 5.91 Å². The van der Waals surface area contributed by atoms with Crippen molar-refractivity contribution in [3.63, 3.8) is 0 Å². The summed E-state index contributed by atoms with van der Waals surface area (Å²) in [5, 5.41) is 11.6. The molecule has 8 aromatic rings. The molecule has 6 N–H and O–H groups in total. The molecule has 2 aliphatic heterocycles. The number of nitrogens with one attached hydrogen (secondary N) is 1. The minimum absolute atomic E-state index is 0.0376. The van der Waals surface area contributed by atoms with Crippen LogP contribution < -0.4 is 37.6 Å². The van der Waals surface area contributed by atoms with E-state index in [0.29, 0.717) is 76.8 Å². The maximum absolute atomic E-state index is 13.9. The first-order chi connectivity index (χ1) is 39.4. The number of imidazole rings is 2. The predicted octanol–water partition coefficient (Wildman–Crippen LogP) is 7.37. The molecule has 2 aliphatic carbocycles. The molecule has 21 heteroatoms. The number of rotatable bonds is 16. The van der Waals surface area contributed by atoms with Gasteiger partial charge >= 0.3 is 17.3 Å². The van der Waals surface area contributed by atoms with Gasteiger partial charge in [-0.3, -0.25) is 32.9 Å². The van der Waals surface area contributed by atoms with Gasteiger partial charge in [0.05, 0.1) is 23.5 Å². The second-order valence-electron chi connectivity index (χ2n) is 20.7. The summed E-state index contributed by atoms with van der Waals surface area (Å²) in [6.07, 6.45) is 18.4. The lowest BCUT2D eigenvalue weighted by molar-refractivity contribution is -0.131. The number of anilines is 2. The van der Waals surface area contributed by atoms with Gasteiger partial charge in [-0.25, -0.2) is 34.3 Å². The Morgan fingerprint density at radius 2 is 1.07 bits per heavy atom. The second kappa shape index (κ2) is 25.5. The highest BCUT2D eigenvalue weighted by Crippen LogP contribution is 2.31. The van der Waals surface area contributed by atoms with Crippen LogP contribution in [-0.4, -0.2) is 135 Å². The number of amides is 1. The molecule has 2 saturated heterocycles. The van der Waals surface area contributed by atoms with E-state index >= 15 is 0 Å². The number of carboxylic acid groups (broad SMARTS) is 1. The highest BCUT2D eigenvalue weighted by Gasteiger charge is 2.32. The number of carboxylic acids is 1. The van der Waals surface area contributed by atoms with Gasteiger partial charge in [-0.2, -0.15) is 0 Å². The summed E-state index contributed by atoms with van der Waals surface area (Å²) < 4.78 is 18.2. The maximum Gasteiger partial charge on any atom is 0.335 e. The summed E-state index contributed by atoms with van der Waals surface area (Å²) in [5.41, 5.74) is 15.3. The second-order valence-corrected chi connectivity index (χ2v) is 20.7. The number of fused-ring (bicyclic) bond motifs is 2. The number of aromatic nitrogens is 8. The molecule has 2 atom stereocenters. The Balaban J connectivity index is 0.000000156. The summed E-state index contributed by atoms with van der Waals surface area (Å²) in [6, 6.07) is 34.7. The van der Waals surface area contributed by atoms with E-state index in [4.69, 9.17) is 26.0 Å². The number of benzene rings is 4. The van der Waals surface area contributed by atoms with Crippen molar-refractivity contribution in [1.82, 2.24) is 58.2 Å². The van der Waals surface area contributed by atoms with Crippen LogP contribution in [0.3, 0.4) is 0 Å². The number of nitrogens with zero attached hydrogens (tertiary/aromatic N) is 11. The quantitative estimate of drug-likeness (QED) is 0.0689. The van der Waals surface area contributed by atoms with Gasteiger partial charge in [0.1, 0.15) is 46.7 Å². The van der Waals surface area contributed by atoms with E-state index < -0.39 is 5.97 Å². The highest BCUT2D eigenvalue weighted by molar-refractivity contribution is 5.88. The van der Waals surface area contributed by atoms with E-state index in [-0.39, 0.29) is 41.0 Å². The van der Waals surface area contributed by atoms with Crippen molar-refractivity contribution >= 4 is 45.8 Å². The van der Waals surface area contributed by atoms with E-state index in [0.717, 1.165) is 44.1 Å². The molecule has 81 heavy (non-hydrogen) atoms. The molecule has 21 nitrogen and oxygen atoms in total. The van der Waals surface area contributed by atoms with Crippen molar-refractivity contribution in [2.24, 2.45) is 0 Å². The highest BCUT2D eigenvalue weighted by atomic mass is 16.5. The van der Waals surface area contributed by atoms with Crippen molar-refractivity contribution < 1.29 is 24.2 Å². The third kappa shape index (κ3) is 12.8. The number of aliphatic carboxylic acids is 1. The molecule has 0 bridgehead atoms. The molecule has 2 saturated carbocycles. The monoisotopic (exact) mass is 1100 g/mol. The summed E-state index contributed by atoms with van der Waals surface area (Å²) in [5.74, 6) is 2.40. The lowest BCUT2D eigenvalue weighted by atomic mass is 9.92. The van der Waals surface area contributed by atoms with Crippen molar-refractivity contribution in [3.05, 3.63) is 167 Å². The molecular weight excluding hydrogens is 1030 g/mol. The van der Waals surface area contributed by atoms with Gasteiger partial charge in [-0.15, -0.1) is 0 Å². The van der Waals surface area contributed by atoms with Gasteiger partial charge in [0.25, 0.3) is 0 Å². The standard InChI is InChI=1S/C30H33N7O3.C21H20N6O2.C9H15NO2/c1-34(21-7-5-8-21)17-6-11-26(38)35-18-16-23(19-35)37-29-27(28(31)32-20-33-29)36(30(37)39)22-12-14-25(15-13-22)40-24-9-3-2-4-10-24;22-19-18-20(25-13-24-19)27(15-10-11-23-12-15)21(28)26(18)14-6-8-17(9-7-14)29-16-4-2-1-3-5-16;1-10(8-4-2-5-8)7-3-6-9(11)12/h2-4,6,9-15,20-21,23H,5,7-8,16-19H2,1H3,(H2,31,32,33);1-9,13,15,23H,10-12H2,(H2,22,24,25);3,6,8H,2,4-5,7H2,1H3,(H,11,12)/b11-6+;;6-3+/t23-;15-;/m11./s1. The lowest BCUT2D eigenvalue weighted by Gasteiger charge is -2.33. The molecule has 4 fully saturated rings. The molecule has 0 unspecified atom stereocenters. The lowest BCUT2D eigenvalue weighted by Crippen LogP contribution is -2.37. The Kier molecular flexibility index (Phi) is 17.4. The molecule has 0 spiro atoms. The Morgan fingerprint density at radius 3 is 1.51 bits per heavy atom. The minimum atomic E-state index is -0.864. The Morgan fingerprint density at radius 1 is 0.617 bits per heavy atom. The van der Waals surface area contributed by atoms with Crippen molar-refractivity contribution in [1.29, 1.82) is 0 Å². The van der Waals surface area contributed by atoms with Crippen molar-refractivity contribution in [2.45, 2.75) is 75.5 Å². The topological polar surface area (TPSA) is 252 Å². The smallest absolute Gasteiger partial charge is 0.335 e. The molecule has 12 rings (SSSR count). The number of nitrogen functional groups attached to an aromatic ring is 2. The number of hydrogen-bond donors (Lipinski definition) is 4. The van der Waals surface area contributed by atoms with E-state index in [1.807, 2.05) is 122 Å². The van der Waals surface area contributed by atoms with Crippen LogP contribution in [0.1, 0.15) is 63.5 Å². The van der Waals surface area contributed by atoms with Crippen molar-refractivity contribution in [2.75, 3.05) is 64.8 Å². The summed E-state index contributed by atoms with van der Waals surface area (Å²) in [4.78, 5) is 73.6. The largest absolute Gasteiger partial charge is 0.478 e. The fraction of sp³-hybridized carbons (Fsp3) is 0.333. The molecule has 1 amide bonds. The molecule has 0 radical (unpaired) electrons. The predicted molar refractivity (Wildman–Crippen MR) is 311 cm³/mol. The maximum atomic E-state index is 13.9. The van der Waals surface area contributed by atoms with Crippen LogP contribution in [0, 0.1) is 0 Å². The van der Waals surface area contributed by atoms with E-state index in [1.54, 1.807) is 30.8 Å². The van der Waals surface area contributed by atoms with Crippen LogP contribution in [0.4, 0.5) is 11.6 Å². The Hall–Kier alpha value is -8.92. The number of ether oxygens (including phenoxy) is 2. The average molecular weight is 1100 g/mol. The number of nitrogens with two attached hydrogens (primary N) is 2. The third-order valence-electron chi connectivity index (χ3n) is 15.5. The Bertz CT molecular complexity index is 3620. The normalized spacial score (nSPS) is 17.3. The molecule has 420 valence electrons. The third-order valence-corrected chi connectivity index (χ3v) is 15.5. The van der Waals surface area contributed by atoms with Gasteiger partial charge in [0, 0.05) is 57.0 Å². The molecule has 6 heterocycles. The van der Waals surface area contributed by atoms with Crippen LogP contribution in [0.15, 0.2) is 156 Å². The number of hydrogen-bond acceptors (Lipinski definition) is 15. The summed E-state index contributed by atoms with van der Waals surface area (Å²) >= 11 is 0. The number of likely N-dealkylation sites (tertiary alicyclic amines) is 1. The fourth-order valence-corrected chi connectivity index (χ4v) is 10.6. The van der Waals surface area contributed by atoms with Crippen LogP contribution in [0.25, 0.3) is 33.7 Å². The Labute approximate surface area is 468 Å². The first kappa shape index (κ1) is 55.4. The number of para-hydroxylation sites is 2. The molecular formula is C60H68N14O7. The van der Waals surface area contributed by atoms with Crippen molar-refractivity contribution in [3.8, 4) is 34.4 Å². The summed E-state index contributed by atoms with van der Waals surface area (Å²) in [6.45, 7) is 4.09. The number of carbonyl (C=O) groups excluding carboxylic acids is 1. The van der Waals surface area contributed by atoms with Crippen LogP contribution in [0.5, 0.6) is 23.0 Å². The summed E-state index contributed by atoms with van der Waals surface area (Å²) in [7, 11) is 4.14. The molecule has 4 aromatic heterocycles. The zero-order valence-corrected chi connectivity index (χ0v) is 45.5.